The highest BCUT2D eigenvalue weighted by atomic mass is 16.5. The number of aryl methyl sites for hydroxylation is 1. The van der Waals surface area contributed by atoms with Gasteiger partial charge in [0, 0.05) is 18.7 Å². The summed E-state index contributed by atoms with van der Waals surface area (Å²) in [6.07, 6.45) is 2.54. The second kappa shape index (κ2) is 4.28. The van der Waals surface area contributed by atoms with E-state index in [-0.39, 0.29) is 23.9 Å². The van der Waals surface area contributed by atoms with E-state index in [1.165, 1.54) is 0 Å². The van der Waals surface area contributed by atoms with Crippen LogP contribution in [-0.2, 0) is 4.74 Å². The number of nitrogens with zero attached hydrogens (tertiary/aromatic N) is 1. The Morgan fingerprint density at radius 3 is 2.61 bits per heavy atom. The molecule has 2 saturated heterocycles. The average Bonchev–Trinajstić information content (AvgIpc) is 2.71. The van der Waals surface area contributed by atoms with E-state index in [1.54, 1.807) is 25.1 Å². The number of hydrogen-bond donors (Lipinski definition) is 1. The van der Waals surface area contributed by atoms with Gasteiger partial charge in [-0.2, -0.15) is 0 Å². The summed E-state index contributed by atoms with van der Waals surface area (Å²) in [6.45, 7) is 3.18. The van der Waals surface area contributed by atoms with Crippen molar-refractivity contribution < 1.29 is 14.6 Å². The summed E-state index contributed by atoms with van der Waals surface area (Å²) in [5.74, 6) is 0.270. The summed E-state index contributed by atoms with van der Waals surface area (Å²) < 4.78 is 5.72. The largest absolute Gasteiger partial charge is 0.508 e. The Balaban J connectivity index is 1.79. The molecule has 1 amide bonds. The Bertz CT molecular complexity index is 474. The van der Waals surface area contributed by atoms with Crippen molar-refractivity contribution in [3.63, 3.8) is 0 Å². The average molecular weight is 247 g/mol. The molecule has 2 unspecified atom stereocenters. The molecule has 2 atom stereocenters. The SMILES string of the molecule is Cc1cc(C(=O)N2CC3CCC(C2)O3)ccc1O. The van der Waals surface area contributed by atoms with Crippen molar-refractivity contribution >= 4 is 5.91 Å². The monoisotopic (exact) mass is 247 g/mol. The number of likely N-dealkylation sites (tertiary alicyclic amines) is 1. The molecule has 4 nitrogen and oxygen atoms in total. The van der Waals surface area contributed by atoms with Crippen LogP contribution in [0.4, 0.5) is 0 Å². The molecule has 1 aromatic rings. The molecule has 2 heterocycles. The lowest BCUT2D eigenvalue weighted by atomic mass is 10.1. The Hall–Kier alpha value is -1.55. The fraction of sp³-hybridized carbons (Fsp3) is 0.500. The smallest absolute Gasteiger partial charge is 0.254 e. The second-order valence-electron chi connectivity index (χ2n) is 5.17. The first-order valence-electron chi connectivity index (χ1n) is 6.38. The molecule has 0 aromatic heterocycles. The third kappa shape index (κ3) is 1.97. The topological polar surface area (TPSA) is 49.8 Å². The molecule has 2 aliphatic rings. The zero-order chi connectivity index (χ0) is 12.7. The predicted octanol–water partition coefficient (Wildman–Crippen LogP) is 1.70. The summed E-state index contributed by atoms with van der Waals surface area (Å²) in [5, 5.41) is 9.49. The molecule has 1 N–H and O–H groups in total. The van der Waals surface area contributed by atoms with E-state index < -0.39 is 0 Å². The maximum absolute atomic E-state index is 12.4. The number of hydrogen-bond acceptors (Lipinski definition) is 3. The number of rotatable bonds is 1. The molecule has 0 radical (unpaired) electrons. The van der Waals surface area contributed by atoms with Crippen LogP contribution in [-0.4, -0.2) is 41.2 Å². The maximum atomic E-state index is 12.4. The summed E-state index contributed by atoms with van der Waals surface area (Å²) in [5.41, 5.74) is 1.38. The van der Waals surface area contributed by atoms with Crippen LogP contribution in [0.25, 0.3) is 0 Å². The van der Waals surface area contributed by atoms with Crippen molar-refractivity contribution in [2.45, 2.75) is 32.0 Å². The minimum atomic E-state index is 0.0401. The first-order valence-corrected chi connectivity index (χ1v) is 6.38. The first-order chi connectivity index (χ1) is 8.63. The zero-order valence-electron chi connectivity index (χ0n) is 10.4. The van der Waals surface area contributed by atoms with Crippen LogP contribution in [0.15, 0.2) is 18.2 Å². The van der Waals surface area contributed by atoms with Gasteiger partial charge in [-0.3, -0.25) is 4.79 Å². The molecule has 4 heteroatoms. The van der Waals surface area contributed by atoms with Gasteiger partial charge in [-0.25, -0.2) is 0 Å². The van der Waals surface area contributed by atoms with E-state index in [1.807, 2.05) is 4.90 Å². The number of morpholine rings is 1. The third-order valence-corrected chi connectivity index (χ3v) is 3.77. The summed E-state index contributed by atoms with van der Waals surface area (Å²) >= 11 is 0. The molecule has 18 heavy (non-hydrogen) atoms. The molecule has 0 aliphatic carbocycles. The van der Waals surface area contributed by atoms with Gasteiger partial charge >= 0.3 is 0 Å². The van der Waals surface area contributed by atoms with Gasteiger partial charge in [0.2, 0.25) is 0 Å². The molecule has 1 aromatic carbocycles. The van der Waals surface area contributed by atoms with Crippen molar-refractivity contribution in [1.82, 2.24) is 4.90 Å². The number of amides is 1. The minimum Gasteiger partial charge on any atom is -0.508 e. The van der Waals surface area contributed by atoms with Gasteiger partial charge in [0.25, 0.3) is 5.91 Å². The number of phenols is 1. The van der Waals surface area contributed by atoms with Gasteiger partial charge < -0.3 is 14.7 Å². The number of fused-ring (bicyclic) bond motifs is 2. The van der Waals surface area contributed by atoms with Crippen molar-refractivity contribution in [3.8, 4) is 5.75 Å². The van der Waals surface area contributed by atoms with Crippen molar-refractivity contribution in [1.29, 1.82) is 0 Å². The second-order valence-corrected chi connectivity index (χ2v) is 5.17. The lowest BCUT2D eigenvalue weighted by Crippen LogP contribution is -2.45. The van der Waals surface area contributed by atoms with E-state index in [4.69, 9.17) is 4.74 Å². The lowest BCUT2D eigenvalue weighted by Gasteiger charge is -2.32. The van der Waals surface area contributed by atoms with Crippen LogP contribution in [0.1, 0.15) is 28.8 Å². The zero-order valence-corrected chi connectivity index (χ0v) is 10.4. The van der Waals surface area contributed by atoms with E-state index in [9.17, 15) is 9.90 Å². The highest BCUT2D eigenvalue weighted by Gasteiger charge is 2.35. The molecule has 96 valence electrons. The highest BCUT2D eigenvalue weighted by molar-refractivity contribution is 5.94. The predicted molar refractivity (Wildman–Crippen MR) is 66.6 cm³/mol. The van der Waals surface area contributed by atoms with Gasteiger partial charge in [0.15, 0.2) is 0 Å². The van der Waals surface area contributed by atoms with Gasteiger partial charge in [-0.1, -0.05) is 0 Å². The molecule has 0 spiro atoms. The van der Waals surface area contributed by atoms with Crippen molar-refractivity contribution in [2.75, 3.05) is 13.1 Å². The Morgan fingerprint density at radius 2 is 2.00 bits per heavy atom. The molecule has 2 fully saturated rings. The lowest BCUT2D eigenvalue weighted by molar-refractivity contribution is -0.0303. The van der Waals surface area contributed by atoms with Crippen LogP contribution in [0, 0.1) is 6.92 Å². The molecular weight excluding hydrogens is 230 g/mol. The molecule has 3 rings (SSSR count). The Labute approximate surface area is 106 Å². The highest BCUT2D eigenvalue weighted by Crippen LogP contribution is 2.27. The van der Waals surface area contributed by atoms with Crippen LogP contribution in [0.2, 0.25) is 0 Å². The van der Waals surface area contributed by atoms with Gasteiger partial charge in [0.1, 0.15) is 5.75 Å². The molecule has 0 saturated carbocycles. The quantitative estimate of drug-likeness (QED) is 0.821. The van der Waals surface area contributed by atoms with Gasteiger partial charge in [0.05, 0.1) is 12.2 Å². The molecular formula is C14H17NO3. The number of ether oxygens (including phenoxy) is 1. The summed E-state index contributed by atoms with van der Waals surface area (Å²) in [4.78, 5) is 14.2. The normalized spacial score (nSPS) is 26.4. The van der Waals surface area contributed by atoms with Gasteiger partial charge in [-0.05, 0) is 43.5 Å². The standard InChI is InChI=1S/C14H17NO3/c1-9-6-10(2-5-13(9)16)14(17)15-7-11-3-4-12(8-15)18-11/h2,5-6,11-12,16H,3-4,7-8H2,1H3. The third-order valence-electron chi connectivity index (χ3n) is 3.77. The summed E-state index contributed by atoms with van der Waals surface area (Å²) in [6, 6.07) is 5.01. The molecule has 2 bridgehead atoms. The minimum absolute atomic E-state index is 0.0401. The van der Waals surface area contributed by atoms with E-state index in [0.29, 0.717) is 18.7 Å². The number of aromatic hydroxyl groups is 1. The maximum Gasteiger partial charge on any atom is 0.254 e. The van der Waals surface area contributed by atoms with Crippen LogP contribution >= 0.6 is 0 Å². The first kappa shape index (κ1) is 11.5. The van der Waals surface area contributed by atoms with Crippen molar-refractivity contribution in [2.24, 2.45) is 0 Å². The Morgan fingerprint density at radius 1 is 1.33 bits per heavy atom. The fourth-order valence-corrected chi connectivity index (χ4v) is 2.75. The van der Waals surface area contributed by atoms with E-state index >= 15 is 0 Å². The number of carbonyl (C=O) groups excluding carboxylic acids is 1. The number of benzene rings is 1. The Kier molecular flexibility index (Phi) is 2.74. The van der Waals surface area contributed by atoms with Crippen LogP contribution in [0.3, 0.4) is 0 Å². The van der Waals surface area contributed by atoms with E-state index in [0.717, 1.165) is 18.4 Å². The van der Waals surface area contributed by atoms with E-state index in [2.05, 4.69) is 0 Å². The van der Waals surface area contributed by atoms with Gasteiger partial charge in [-0.15, -0.1) is 0 Å². The summed E-state index contributed by atoms with van der Waals surface area (Å²) in [7, 11) is 0. The van der Waals surface area contributed by atoms with Crippen LogP contribution < -0.4 is 0 Å². The van der Waals surface area contributed by atoms with Crippen molar-refractivity contribution in [3.05, 3.63) is 29.3 Å². The van der Waals surface area contributed by atoms with Crippen LogP contribution in [0.5, 0.6) is 5.75 Å². The molecule has 2 aliphatic heterocycles. The number of carbonyl (C=O) groups is 1. The fourth-order valence-electron chi connectivity index (χ4n) is 2.75. The number of phenolic OH excluding ortho intramolecular Hbond substituents is 1.